The summed E-state index contributed by atoms with van der Waals surface area (Å²) in [5.74, 6) is -0.889. The van der Waals surface area contributed by atoms with E-state index in [1.807, 2.05) is 29.9 Å². The molecule has 6 rings (SSSR count). The van der Waals surface area contributed by atoms with Gasteiger partial charge < -0.3 is 9.47 Å². The van der Waals surface area contributed by atoms with E-state index in [0.29, 0.717) is 29.2 Å². The highest BCUT2D eigenvalue weighted by atomic mass is 35.5. The topological polar surface area (TPSA) is 87.5 Å². The predicted octanol–water partition coefficient (Wildman–Crippen LogP) is 3.25. The number of carbonyl (C=O) groups is 3. The molecule has 2 fully saturated rings. The van der Waals surface area contributed by atoms with E-state index in [0.717, 1.165) is 47.4 Å². The molecule has 2 aromatic heterocycles. The Kier molecular flexibility index (Phi) is 5.38. The average Bonchev–Trinajstić information content (AvgIpc) is 3.56. The van der Waals surface area contributed by atoms with Crippen LogP contribution < -0.4 is 5.32 Å². The number of hydrogen-bond acceptors (Lipinski definition) is 5. The number of amides is 3. The van der Waals surface area contributed by atoms with Crippen LogP contribution in [0.1, 0.15) is 47.2 Å². The summed E-state index contributed by atoms with van der Waals surface area (Å²) in [5.41, 5.74) is 4.91. The lowest BCUT2D eigenvalue weighted by Gasteiger charge is -2.29. The van der Waals surface area contributed by atoms with Crippen molar-refractivity contribution in [2.75, 3.05) is 13.1 Å². The van der Waals surface area contributed by atoms with E-state index in [4.69, 9.17) is 16.6 Å². The molecule has 8 nitrogen and oxygen atoms in total. The lowest BCUT2D eigenvalue weighted by molar-refractivity contribution is -0.136. The quantitative estimate of drug-likeness (QED) is 0.566. The van der Waals surface area contributed by atoms with Crippen LogP contribution in [0.2, 0.25) is 5.02 Å². The number of pyridine rings is 1. The summed E-state index contributed by atoms with van der Waals surface area (Å²) in [6, 6.07) is 7.08. The van der Waals surface area contributed by atoms with Gasteiger partial charge in [0.15, 0.2) is 0 Å². The first-order valence-electron chi connectivity index (χ1n) is 12.0. The lowest BCUT2D eigenvalue weighted by Crippen LogP contribution is -2.52. The third kappa shape index (κ3) is 3.72. The minimum Gasteiger partial charge on any atom is -0.336 e. The van der Waals surface area contributed by atoms with Crippen LogP contribution in [0.3, 0.4) is 0 Å². The van der Waals surface area contributed by atoms with Crippen molar-refractivity contribution in [3.05, 3.63) is 52.2 Å². The van der Waals surface area contributed by atoms with Crippen molar-refractivity contribution >= 4 is 40.4 Å². The first-order valence-corrected chi connectivity index (χ1v) is 12.4. The highest BCUT2D eigenvalue weighted by Gasteiger charge is 2.39. The number of rotatable bonds is 4. The second-order valence-corrected chi connectivity index (χ2v) is 10.0. The van der Waals surface area contributed by atoms with Crippen molar-refractivity contribution in [3.63, 3.8) is 0 Å². The summed E-state index contributed by atoms with van der Waals surface area (Å²) in [6.45, 7) is 3.24. The summed E-state index contributed by atoms with van der Waals surface area (Å²) in [4.78, 5) is 45.9. The highest BCUT2D eigenvalue weighted by Crippen LogP contribution is 2.37. The van der Waals surface area contributed by atoms with Gasteiger partial charge in [-0.1, -0.05) is 17.7 Å². The van der Waals surface area contributed by atoms with Crippen LogP contribution in [0, 0.1) is 0 Å². The summed E-state index contributed by atoms with van der Waals surface area (Å²) in [6.07, 6.45) is 4.99. The van der Waals surface area contributed by atoms with Crippen LogP contribution in [-0.4, -0.2) is 56.2 Å². The molecule has 5 heterocycles. The zero-order valence-corrected chi connectivity index (χ0v) is 20.3. The number of aromatic nitrogens is 2. The van der Waals surface area contributed by atoms with Crippen molar-refractivity contribution in [2.24, 2.45) is 7.05 Å². The number of nitrogens with one attached hydrogen (secondary N) is 1. The van der Waals surface area contributed by atoms with Crippen molar-refractivity contribution in [2.45, 2.75) is 44.8 Å². The molecule has 9 heteroatoms. The van der Waals surface area contributed by atoms with Crippen molar-refractivity contribution < 1.29 is 14.4 Å². The van der Waals surface area contributed by atoms with Crippen LogP contribution in [0.4, 0.5) is 0 Å². The number of imide groups is 1. The van der Waals surface area contributed by atoms with Crippen molar-refractivity contribution in [1.29, 1.82) is 0 Å². The third-order valence-corrected chi connectivity index (χ3v) is 7.84. The molecular weight excluding hydrogens is 466 g/mol. The molecule has 1 unspecified atom stereocenters. The van der Waals surface area contributed by atoms with Gasteiger partial charge in [-0.15, -0.1) is 0 Å². The van der Waals surface area contributed by atoms with Gasteiger partial charge in [0.2, 0.25) is 11.8 Å². The molecule has 3 amide bonds. The fourth-order valence-electron chi connectivity index (χ4n) is 5.54. The van der Waals surface area contributed by atoms with E-state index in [9.17, 15) is 14.4 Å². The van der Waals surface area contributed by atoms with Gasteiger partial charge in [0.1, 0.15) is 11.7 Å². The normalized spacial score (nSPS) is 20.7. The van der Waals surface area contributed by atoms with Crippen LogP contribution in [0.15, 0.2) is 30.5 Å². The monoisotopic (exact) mass is 491 g/mol. The average molecular weight is 492 g/mol. The number of halogens is 1. The number of piperidine rings is 1. The summed E-state index contributed by atoms with van der Waals surface area (Å²) in [5, 5.41) is 4.05. The number of benzene rings is 1. The van der Waals surface area contributed by atoms with Crippen LogP contribution >= 0.6 is 11.6 Å². The molecule has 35 heavy (non-hydrogen) atoms. The SMILES string of the molecule is Cn1ccc2c(CN3CCCC3)c(Cl)c(-c3ccc4c(c3)CN(C3CCC(=O)NC3=O)C4=O)nc21. The summed E-state index contributed by atoms with van der Waals surface area (Å²) < 4.78 is 2.00. The van der Waals surface area contributed by atoms with Gasteiger partial charge in [0, 0.05) is 49.3 Å². The van der Waals surface area contributed by atoms with Crippen molar-refractivity contribution in [1.82, 2.24) is 24.7 Å². The van der Waals surface area contributed by atoms with Gasteiger partial charge in [-0.25, -0.2) is 4.98 Å². The molecule has 1 N–H and O–H groups in total. The minimum absolute atomic E-state index is 0.187. The van der Waals surface area contributed by atoms with Gasteiger partial charge in [-0.3, -0.25) is 24.6 Å². The summed E-state index contributed by atoms with van der Waals surface area (Å²) >= 11 is 7.01. The molecule has 1 aromatic carbocycles. The molecule has 3 aromatic rings. The summed E-state index contributed by atoms with van der Waals surface area (Å²) in [7, 11) is 1.98. The van der Waals surface area contributed by atoms with E-state index in [2.05, 4.69) is 16.3 Å². The Balaban J connectivity index is 1.37. The standard InChI is InChI=1S/C26H26ClN5O3/c1-30-11-8-18-19(14-31-9-2-3-10-31)22(27)23(29-24(18)30)15-4-5-17-16(12-15)13-32(26(17)35)20-6-7-21(33)28-25(20)34/h4-5,8,11-12,20H,2-3,6-7,9-10,13-14H2,1H3,(H,28,33,34). The maximum absolute atomic E-state index is 13.1. The second-order valence-electron chi connectivity index (χ2n) is 9.67. The molecule has 0 saturated carbocycles. The maximum Gasteiger partial charge on any atom is 0.255 e. The van der Waals surface area contributed by atoms with Gasteiger partial charge in [-0.2, -0.15) is 0 Å². The molecule has 2 saturated heterocycles. The Bertz CT molecular complexity index is 1390. The van der Waals surface area contributed by atoms with E-state index < -0.39 is 11.9 Å². The number of fused-ring (bicyclic) bond motifs is 2. The van der Waals surface area contributed by atoms with E-state index in [1.54, 1.807) is 11.0 Å². The number of aryl methyl sites for hydroxylation is 1. The Morgan fingerprint density at radius 2 is 1.94 bits per heavy atom. The molecule has 1 atom stereocenters. The molecule has 0 bridgehead atoms. The minimum atomic E-state index is -0.635. The molecule has 3 aliphatic heterocycles. The first kappa shape index (κ1) is 22.2. The highest BCUT2D eigenvalue weighted by molar-refractivity contribution is 6.34. The molecular formula is C26H26ClN5O3. The third-order valence-electron chi connectivity index (χ3n) is 7.43. The van der Waals surface area contributed by atoms with Gasteiger partial charge in [-0.05, 0) is 61.7 Å². The number of hydrogen-bond donors (Lipinski definition) is 1. The maximum atomic E-state index is 13.1. The fraction of sp³-hybridized carbons (Fsp3) is 0.385. The predicted molar refractivity (Wildman–Crippen MR) is 132 cm³/mol. The van der Waals surface area contributed by atoms with Crippen LogP contribution in [0.5, 0.6) is 0 Å². The van der Waals surface area contributed by atoms with Crippen molar-refractivity contribution in [3.8, 4) is 11.3 Å². The smallest absolute Gasteiger partial charge is 0.255 e. The molecule has 3 aliphatic rings. The molecule has 0 aliphatic carbocycles. The second kappa shape index (κ2) is 8.46. The molecule has 180 valence electrons. The number of nitrogens with zero attached hydrogens (tertiary/aromatic N) is 4. The Morgan fingerprint density at radius 3 is 2.71 bits per heavy atom. The van der Waals surface area contributed by atoms with E-state index >= 15 is 0 Å². The van der Waals surface area contributed by atoms with Crippen LogP contribution in [0.25, 0.3) is 22.3 Å². The Morgan fingerprint density at radius 1 is 1.14 bits per heavy atom. The van der Waals surface area contributed by atoms with E-state index in [-0.39, 0.29) is 18.2 Å². The van der Waals surface area contributed by atoms with Gasteiger partial charge in [0.25, 0.3) is 5.91 Å². The Hall–Kier alpha value is -3.23. The number of carbonyl (C=O) groups excluding carboxylic acids is 3. The first-order chi connectivity index (χ1) is 16.9. The zero-order valence-electron chi connectivity index (χ0n) is 19.5. The van der Waals surface area contributed by atoms with Gasteiger partial charge in [0.05, 0.1) is 10.7 Å². The van der Waals surface area contributed by atoms with E-state index in [1.165, 1.54) is 12.8 Å². The lowest BCUT2D eigenvalue weighted by atomic mass is 10.0. The number of likely N-dealkylation sites (tertiary alicyclic amines) is 1. The Labute approximate surface area is 207 Å². The van der Waals surface area contributed by atoms with Crippen LogP contribution in [-0.2, 0) is 29.7 Å². The van der Waals surface area contributed by atoms with Gasteiger partial charge >= 0.3 is 0 Å². The fourth-order valence-corrected chi connectivity index (χ4v) is 5.86. The zero-order chi connectivity index (χ0) is 24.3. The molecule has 0 radical (unpaired) electrons. The molecule has 0 spiro atoms. The largest absolute Gasteiger partial charge is 0.336 e.